The number of thiazole rings is 1. The Labute approximate surface area is 111 Å². The van der Waals surface area contributed by atoms with Gasteiger partial charge in [-0.15, -0.1) is 0 Å². The zero-order valence-corrected chi connectivity index (χ0v) is 11.5. The molecule has 0 aliphatic heterocycles. The first-order valence-electron chi connectivity index (χ1n) is 4.20. The summed E-state index contributed by atoms with van der Waals surface area (Å²) in [6, 6.07) is 1.48. The monoisotopic (exact) mass is 312 g/mol. The molecule has 1 aromatic carbocycles. The molecule has 0 amide bonds. The maximum atomic E-state index is 11.2. The fourth-order valence-electron chi connectivity index (χ4n) is 1.27. The second kappa shape index (κ2) is 4.25. The van der Waals surface area contributed by atoms with Gasteiger partial charge in [0, 0.05) is 0 Å². The SMILES string of the molecule is COc1c(Cl)cc2nc(S(N)(=O)=O)sc2c1Cl. The zero-order valence-electron chi connectivity index (χ0n) is 8.40. The summed E-state index contributed by atoms with van der Waals surface area (Å²) in [5.74, 6) is 0.283. The van der Waals surface area contributed by atoms with E-state index in [2.05, 4.69) is 4.98 Å². The van der Waals surface area contributed by atoms with Crippen molar-refractivity contribution in [3.05, 3.63) is 16.1 Å². The number of hydrogen-bond acceptors (Lipinski definition) is 5. The van der Waals surface area contributed by atoms with Crippen LogP contribution in [0, 0.1) is 0 Å². The van der Waals surface area contributed by atoms with Crippen LogP contribution in [0.5, 0.6) is 5.75 Å². The molecule has 0 atom stereocenters. The molecular formula is C8H6Cl2N2O3S2. The lowest BCUT2D eigenvalue weighted by Gasteiger charge is -2.04. The van der Waals surface area contributed by atoms with Gasteiger partial charge in [-0.05, 0) is 6.07 Å². The molecule has 92 valence electrons. The molecule has 0 spiro atoms. The van der Waals surface area contributed by atoms with E-state index < -0.39 is 10.0 Å². The smallest absolute Gasteiger partial charge is 0.265 e. The van der Waals surface area contributed by atoms with Crippen LogP contribution in [0.3, 0.4) is 0 Å². The Hall–Kier alpha value is -0.600. The number of ether oxygens (including phenoxy) is 1. The van der Waals surface area contributed by atoms with Crippen molar-refractivity contribution >= 4 is 54.8 Å². The average Bonchev–Trinajstić information content (AvgIpc) is 2.61. The van der Waals surface area contributed by atoms with Crippen molar-refractivity contribution in [2.75, 3.05) is 7.11 Å². The third-order valence-electron chi connectivity index (χ3n) is 1.96. The van der Waals surface area contributed by atoms with Gasteiger partial charge in [-0.25, -0.2) is 18.5 Å². The average molecular weight is 313 g/mol. The number of sulfonamides is 1. The van der Waals surface area contributed by atoms with Crippen LogP contribution in [0.15, 0.2) is 10.4 Å². The van der Waals surface area contributed by atoms with Gasteiger partial charge in [-0.2, -0.15) is 0 Å². The van der Waals surface area contributed by atoms with Crippen LogP contribution in [0.4, 0.5) is 0 Å². The van der Waals surface area contributed by atoms with Crippen molar-refractivity contribution in [3.63, 3.8) is 0 Å². The van der Waals surface area contributed by atoms with E-state index in [1.54, 1.807) is 0 Å². The zero-order chi connectivity index (χ0) is 12.8. The molecule has 2 rings (SSSR count). The highest BCUT2D eigenvalue weighted by Gasteiger charge is 2.19. The van der Waals surface area contributed by atoms with Gasteiger partial charge < -0.3 is 4.74 Å². The number of benzene rings is 1. The summed E-state index contributed by atoms with van der Waals surface area (Å²) in [6.07, 6.45) is 0. The molecule has 9 heteroatoms. The van der Waals surface area contributed by atoms with Gasteiger partial charge in [0.2, 0.25) is 4.34 Å². The molecule has 0 saturated heterocycles. The van der Waals surface area contributed by atoms with Crippen molar-refractivity contribution in [2.24, 2.45) is 5.14 Å². The summed E-state index contributed by atoms with van der Waals surface area (Å²) < 4.78 is 27.6. The minimum atomic E-state index is -3.85. The fourth-order valence-corrected chi connectivity index (χ4v) is 3.63. The highest BCUT2D eigenvalue weighted by Crippen LogP contribution is 2.41. The Morgan fingerprint density at radius 1 is 1.47 bits per heavy atom. The van der Waals surface area contributed by atoms with Crippen LogP contribution >= 0.6 is 34.5 Å². The lowest BCUT2D eigenvalue weighted by atomic mass is 10.3. The molecule has 0 aliphatic rings. The van der Waals surface area contributed by atoms with Gasteiger partial charge in [0.1, 0.15) is 5.02 Å². The van der Waals surface area contributed by atoms with E-state index in [9.17, 15) is 8.42 Å². The first-order valence-corrected chi connectivity index (χ1v) is 7.32. The number of aromatic nitrogens is 1. The number of hydrogen-bond donors (Lipinski definition) is 1. The quantitative estimate of drug-likeness (QED) is 0.922. The van der Waals surface area contributed by atoms with E-state index in [4.69, 9.17) is 33.1 Å². The van der Waals surface area contributed by atoms with E-state index in [1.165, 1.54) is 13.2 Å². The Balaban J connectivity index is 2.83. The number of rotatable bonds is 2. The maximum absolute atomic E-state index is 11.2. The van der Waals surface area contributed by atoms with E-state index >= 15 is 0 Å². The topological polar surface area (TPSA) is 82.3 Å². The first-order chi connectivity index (χ1) is 7.84. The Morgan fingerprint density at radius 3 is 2.65 bits per heavy atom. The van der Waals surface area contributed by atoms with Crippen molar-refractivity contribution in [1.29, 1.82) is 0 Å². The molecule has 1 aromatic heterocycles. The highest BCUT2D eigenvalue weighted by atomic mass is 35.5. The van der Waals surface area contributed by atoms with Crippen LogP contribution < -0.4 is 9.88 Å². The van der Waals surface area contributed by atoms with Gasteiger partial charge in [-0.1, -0.05) is 34.5 Å². The first kappa shape index (κ1) is 12.8. The van der Waals surface area contributed by atoms with E-state index in [0.29, 0.717) is 10.2 Å². The molecule has 2 aromatic rings. The van der Waals surface area contributed by atoms with Crippen LogP contribution in [0.2, 0.25) is 10.0 Å². The molecule has 1 heterocycles. The summed E-state index contributed by atoms with van der Waals surface area (Å²) in [5.41, 5.74) is 0.370. The molecule has 5 nitrogen and oxygen atoms in total. The molecule has 0 fully saturated rings. The minimum Gasteiger partial charge on any atom is -0.494 e. The van der Waals surface area contributed by atoms with Crippen molar-refractivity contribution in [2.45, 2.75) is 4.34 Å². The van der Waals surface area contributed by atoms with Gasteiger partial charge in [0.15, 0.2) is 5.75 Å². The second-order valence-electron chi connectivity index (χ2n) is 3.08. The lowest BCUT2D eigenvalue weighted by Crippen LogP contribution is -2.11. The molecule has 0 saturated carbocycles. The predicted octanol–water partition coefficient (Wildman–Crippen LogP) is 2.26. The summed E-state index contributed by atoms with van der Waals surface area (Å²) >= 11 is 12.8. The van der Waals surface area contributed by atoms with E-state index in [-0.39, 0.29) is 20.1 Å². The molecule has 2 N–H and O–H groups in total. The van der Waals surface area contributed by atoms with E-state index in [0.717, 1.165) is 11.3 Å². The van der Waals surface area contributed by atoms with Crippen LogP contribution in [-0.2, 0) is 10.0 Å². The Morgan fingerprint density at radius 2 is 2.12 bits per heavy atom. The van der Waals surface area contributed by atoms with Gasteiger partial charge >= 0.3 is 0 Å². The number of nitrogens with two attached hydrogens (primary N) is 1. The molecule has 0 radical (unpaired) electrons. The van der Waals surface area contributed by atoms with Gasteiger partial charge in [-0.3, -0.25) is 0 Å². The number of nitrogens with zero attached hydrogens (tertiary/aromatic N) is 1. The van der Waals surface area contributed by atoms with Gasteiger partial charge in [0.25, 0.3) is 10.0 Å². The predicted molar refractivity (Wildman–Crippen MR) is 67.6 cm³/mol. The number of methoxy groups -OCH3 is 1. The fraction of sp³-hybridized carbons (Fsp3) is 0.125. The van der Waals surface area contributed by atoms with Crippen LogP contribution in [-0.4, -0.2) is 20.5 Å². The molecule has 0 unspecified atom stereocenters. The summed E-state index contributed by atoms with van der Waals surface area (Å²) in [5, 5.41) is 5.48. The van der Waals surface area contributed by atoms with Crippen molar-refractivity contribution in [3.8, 4) is 5.75 Å². The van der Waals surface area contributed by atoms with Crippen molar-refractivity contribution < 1.29 is 13.2 Å². The lowest BCUT2D eigenvalue weighted by molar-refractivity contribution is 0.416. The highest BCUT2D eigenvalue weighted by molar-refractivity contribution is 7.91. The number of primary sulfonamides is 1. The Kier molecular flexibility index (Phi) is 3.21. The molecule has 0 bridgehead atoms. The second-order valence-corrected chi connectivity index (χ2v) is 6.60. The maximum Gasteiger partial charge on any atom is 0.265 e. The minimum absolute atomic E-state index is 0.210. The Bertz CT molecular complexity index is 696. The van der Waals surface area contributed by atoms with E-state index in [1.807, 2.05) is 0 Å². The molecule has 0 aliphatic carbocycles. The normalized spacial score (nSPS) is 12.0. The third-order valence-corrected chi connectivity index (χ3v) is 5.12. The number of fused-ring (bicyclic) bond motifs is 1. The summed E-state index contributed by atoms with van der Waals surface area (Å²) in [6.45, 7) is 0. The van der Waals surface area contributed by atoms with Crippen LogP contribution in [0.25, 0.3) is 10.2 Å². The molecule has 17 heavy (non-hydrogen) atoms. The third kappa shape index (κ3) is 2.21. The largest absolute Gasteiger partial charge is 0.494 e. The summed E-state index contributed by atoms with van der Waals surface area (Å²) in [7, 11) is -2.43. The van der Waals surface area contributed by atoms with Crippen LogP contribution in [0.1, 0.15) is 0 Å². The molecular weight excluding hydrogens is 307 g/mol. The standard InChI is InChI=1S/C8H6Cl2N2O3S2/c1-15-6-3(9)2-4-7(5(6)10)16-8(12-4)17(11,13)14/h2H,1H3,(H2,11,13,14). The van der Waals surface area contributed by atoms with Gasteiger partial charge in [0.05, 0.1) is 22.3 Å². The number of halogens is 2. The van der Waals surface area contributed by atoms with Crippen molar-refractivity contribution in [1.82, 2.24) is 4.98 Å². The summed E-state index contributed by atoms with van der Waals surface area (Å²) in [4.78, 5) is 3.86.